The molecule has 3 aromatic rings. The normalized spacial score (nSPS) is 15.5. The number of aromatic nitrogens is 1. The zero-order valence-corrected chi connectivity index (χ0v) is 25.0. The van der Waals surface area contributed by atoms with E-state index in [2.05, 4.69) is 4.72 Å². The number of halogens is 1. The van der Waals surface area contributed by atoms with E-state index >= 15 is 0 Å². The number of hydrogen-bond acceptors (Lipinski definition) is 5. The molecular weight excluding hydrogens is 552 g/mol. The summed E-state index contributed by atoms with van der Waals surface area (Å²) < 4.78 is 38.4. The van der Waals surface area contributed by atoms with Crippen molar-refractivity contribution >= 4 is 51.0 Å². The predicted octanol–water partition coefficient (Wildman–Crippen LogP) is 3.82. The van der Waals surface area contributed by atoms with Crippen LogP contribution < -0.4 is 20.9 Å². The summed E-state index contributed by atoms with van der Waals surface area (Å²) in [6.45, 7) is 7.24. The Balaban J connectivity index is 0.00000441. The number of ether oxygens (including phenoxy) is 1. The van der Waals surface area contributed by atoms with Crippen molar-refractivity contribution in [3.05, 3.63) is 52.6 Å². The summed E-state index contributed by atoms with van der Waals surface area (Å²) in [5, 5.41) is 8.75. The second-order valence-corrected chi connectivity index (χ2v) is 12.0. The van der Waals surface area contributed by atoms with Crippen LogP contribution in [-0.4, -0.2) is 50.0 Å². The molecule has 1 amide bonds. The molecule has 1 aliphatic heterocycles. The zero-order valence-electron chi connectivity index (χ0n) is 23.4. The summed E-state index contributed by atoms with van der Waals surface area (Å²) in [7, 11) is -2.46. The van der Waals surface area contributed by atoms with Crippen molar-refractivity contribution in [1.82, 2.24) is 9.47 Å². The van der Waals surface area contributed by atoms with Crippen molar-refractivity contribution in [3.8, 4) is 5.75 Å². The van der Waals surface area contributed by atoms with Crippen LogP contribution in [0.4, 0.5) is 5.82 Å². The molecule has 2 aromatic carbocycles. The van der Waals surface area contributed by atoms with Crippen molar-refractivity contribution in [1.29, 1.82) is 5.41 Å². The van der Waals surface area contributed by atoms with Crippen molar-refractivity contribution in [2.45, 2.75) is 57.9 Å². The Kier molecular flexibility index (Phi) is 9.63. The van der Waals surface area contributed by atoms with E-state index in [1.165, 1.54) is 0 Å². The Bertz CT molecular complexity index is 1540. The number of benzene rings is 2. The number of amides is 1. The van der Waals surface area contributed by atoms with Crippen molar-refractivity contribution in [2.75, 3.05) is 24.9 Å². The van der Waals surface area contributed by atoms with E-state index in [1.807, 2.05) is 40.7 Å². The van der Waals surface area contributed by atoms with Gasteiger partial charge in [-0.25, -0.2) is 8.42 Å². The predicted molar refractivity (Wildman–Crippen MR) is 161 cm³/mol. The monoisotopic (exact) mass is 590 g/mol. The van der Waals surface area contributed by atoms with Gasteiger partial charge in [0.05, 0.1) is 12.0 Å². The number of nitrogens with one attached hydrogen (secondary N) is 2. The molecule has 0 unspecified atom stereocenters. The number of nitrogens with two attached hydrogens (primary N) is 2. The number of guanidine groups is 1. The topological polar surface area (TPSA) is 157 Å². The van der Waals surface area contributed by atoms with Gasteiger partial charge < -0.3 is 25.7 Å². The van der Waals surface area contributed by atoms with Crippen LogP contribution in [0.15, 0.2) is 35.2 Å². The first-order valence-corrected chi connectivity index (χ1v) is 14.6. The minimum absolute atomic E-state index is 0. The number of sulfonamides is 1. The third-order valence-electron chi connectivity index (χ3n) is 7.70. The number of likely N-dealkylation sites (tertiary alicyclic amines) is 1. The third-order valence-corrected chi connectivity index (χ3v) is 9.32. The van der Waals surface area contributed by atoms with E-state index in [0.29, 0.717) is 42.2 Å². The van der Waals surface area contributed by atoms with E-state index in [0.717, 1.165) is 41.4 Å². The molecule has 1 atom stereocenters. The number of methoxy groups -OCH3 is 1. The second kappa shape index (κ2) is 12.4. The van der Waals surface area contributed by atoms with Crippen LogP contribution in [0.1, 0.15) is 41.5 Å². The van der Waals surface area contributed by atoms with Gasteiger partial charge in [-0.1, -0.05) is 18.2 Å². The first-order valence-electron chi connectivity index (χ1n) is 13.1. The van der Waals surface area contributed by atoms with Gasteiger partial charge in [0, 0.05) is 42.5 Å². The van der Waals surface area contributed by atoms with Crippen LogP contribution in [0.25, 0.3) is 10.9 Å². The molecule has 0 spiro atoms. The lowest BCUT2D eigenvalue weighted by molar-refractivity contribution is -0.117. The molecule has 1 fully saturated rings. The third kappa shape index (κ3) is 6.15. The summed E-state index contributed by atoms with van der Waals surface area (Å²) in [5.74, 6) is 0.804. The maximum Gasteiger partial charge on any atom is 0.263 e. The summed E-state index contributed by atoms with van der Waals surface area (Å²) in [6.07, 6.45) is 2.20. The number of para-hydroxylation sites is 1. The number of rotatable bonds is 9. The van der Waals surface area contributed by atoms with Crippen LogP contribution in [0, 0.1) is 32.1 Å². The summed E-state index contributed by atoms with van der Waals surface area (Å²) in [6, 6.07) is 9.45. The van der Waals surface area contributed by atoms with Crippen LogP contribution >= 0.6 is 12.4 Å². The Labute approximate surface area is 242 Å². The fourth-order valence-corrected chi connectivity index (χ4v) is 7.33. The standard InChI is InChI=1S/C28H38N6O4S.ClH/c1-17-14-24(38-4)18(2)19(3)26(17)39(36,37)32-27-22(11-12-25(29)35)21-9-5-6-10-23(21)34(27)16-20-8-7-13-33(15-20)28(30)31;/h5-6,9-10,14,20,32H,7-8,11-13,15-16H2,1-4H3,(H2,29,35)(H3,30,31);1H/t20-;/m1./s1. The van der Waals surface area contributed by atoms with Crippen LogP contribution in [-0.2, 0) is 27.8 Å². The van der Waals surface area contributed by atoms with Gasteiger partial charge in [-0.2, -0.15) is 0 Å². The van der Waals surface area contributed by atoms with Gasteiger partial charge in [-0.05, 0) is 74.8 Å². The number of hydrogen-bond donors (Lipinski definition) is 4. The van der Waals surface area contributed by atoms with Crippen LogP contribution in [0.2, 0.25) is 0 Å². The number of nitrogens with zero attached hydrogens (tertiary/aromatic N) is 2. The molecule has 4 rings (SSSR count). The van der Waals surface area contributed by atoms with E-state index < -0.39 is 15.9 Å². The molecule has 0 aliphatic carbocycles. The highest BCUT2D eigenvalue weighted by Gasteiger charge is 2.29. The van der Waals surface area contributed by atoms with Crippen molar-refractivity contribution in [3.63, 3.8) is 0 Å². The lowest BCUT2D eigenvalue weighted by Gasteiger charge is -2.33. The van der Waals surface area contributed by atoms with Crippen molar-refractivity contribution in [2.24, 2.45) is 17.4 Å². The molecule has 6 N–H and O–H groups in total. The average molecular weight is 591 g/mol. The van der Waals surface area contributed by atoms with Gasteiger partial charge in [0.15, 0.2) is 5.96 Å². The van der Waals surface area contributed by atoms with Gasteiger partial charge >= 0.3 is 0 Å². The number of piperidine rings is 1. The molecule has 1 saturated heterocycles. The lowest BCUT2D eigenvalue weighted by atomic mass is 9.98. The molecule has 1 aromatic heterocycles. The van der Waals surface area contributed by atoms with E-state index in [9.17, 15) is 13.2 Å². The van der Waals surface area contributed by atoms with E-state index in [1.54, 1.807) is 27.0 Å². The number of carbonyl (C=O) groups excluding carboxylic acids is 1. The van der Waals surface area contributed by atoms with Crippen LogP contribution in [0.5, 0.6) is 5.75 Å². The molecule has 0 saturated carbocycles. The van der Waals surface area contributed by atoms with Gasteiger partial charge in [0.1, 0.15) is 11.6 Å². The average Bonchev–Trinajstić information content (AvgIpc) is 3.16. The quantitative estimate of drug-likeness (QED) is 0.219. The summed E-state index contributed by atoms with van der Waals surface area (Å²) in [4.78, 5) is 13.8. The first-order chi connectivity index (χ1) is 18.4. The number of anilines is 1. The van der Waals surface area contributed by atoms with Crippen LogP contribution in [0.3, 0.4) is 0 Å². The van der Waals surface area contributed by atoms with Gasteiger partial charge in [-0.15, -0.1) is 12.4 Å². The minimum atomic E-state index is -4.03. The van der Waals surface area contributed by atoms with Gasteiger partial charge in [0.25, 0.3) is 10.0 Å². The number of fused-ring (bicyclic) bond motifs is 1. The largest absolute Gasteiger partial charge is 0.496 e. The Hall–Kier alpha value is -3.44. The van der Waals surface area contributed by atoms with E-state index in [-0.39, 0.29) is 35.6 Å². The molecule has 12 heteroatoms. The molecule has 1 aliphatic rings. The fraction of sp³-hybridized carbons (Fsp3) is 0.429. The van der Waals surface area contributed by atoms with Gasteiger partial charge in [0.2, 0.25) is 5.91 Å². The SMILES string of the molecule is COc1cc(C)c(S(=O)(=O)Nc2c(CCC(N)=O)c3ccccc3n2C[C@@H]2CCCN(C(=N)N)C2)c(C)c1C.Cl. The number of carbonyl (C=O) groups is 1. The molecule has 0 bridgehead atoms. The van der Waals surface area contributed by atoms with Gasteiger partial charge in [-0.3, -0.25) is 14.9 Å². The summed E-state index contributed by atoms with van der Waals surface area (Å²) >= 11 is 0. The molecule has 218 valence electrons. The Morgan fingerprint density at radius 2 is 1.88 bits per heavy atom. The molecule has 2 heterocycles. The highest BCUT2D eigenvalue weighted by molar-refractivity contribution is 7.92. The maximum absolute atomic E-state index is 14.0. The minimum Gasteiger partial charge on any atom is -0.496 e. The smallest absolute Gasteiger partial charge is 0.263 e. The summed E-state index contributed by atoms with van der Waals surface area (Å²) in [5.41, 5.74) is 14.8. The number of aryl methyl sites for hydroxylation is 2. The lowest BCUT2D eigenvalue weighted by Crippen LogP contribution is -2.44. The highest BCUT2D eigenvalue weighted by Crippen LogP contribution is 2.37. The zero-order chi connectivity index (χ0) is 28.5. The molecule has 10 nitrogen and oxygen atoms in total. The Morgan fingerprint density at radius 3 is 2.52 bits per heavy atom. The fourth-order valence-electron chi connectivity index (χ4n) is 5.70. The first kappa shape index (κ1) is 31.1. The maximum atomic E-state index is 14.0. The Morgan fingerprint density at radius 1 is 1.18 bits per heavy atom. The van der Waals surface area contributed by atoms with E-state index in [4.69, 9.17) is 21.6 Å². The number of primary amides is 1. The second-order valence-electron chi connectivity index (χ2n) is 10.3. The molecular formula is C28H39ClN6O4S. The highest BCUT2D eigenvalue weighted by atomic mass is 35.5. The molecule has 0 radical (unpaired) electrons. The van der Waals surface area contributed by atoms with Crippen molar-refractivity contribution < 1.29 is 17.9 Å². The molecule has 40 heavy (non-hydrogen) atoms.